The molecule has 1 saturated carbocycles. The molecule has 1 aliphatic carbocycles. The number of benzene rings is 1. The molecule has 0 spiro atoms. The molecule has 4 atom stereocenters. The van der Waals surface area contributed by atoms with Crippen LogP contribution in [0.3, 0.4) is 0 Å². The lowest BCUT2D eigenvalue weighted by atomic mass is 9.78. The number of hydrogen-bond acceptors (Lipinski definition) is 5. The first kappa shape index (κ1) is 20.4. The summed E-state index contributed by atoms with van der Waals surface area (Å²) in [6, 6.07) is 5.67. The summed E-state index contributed by atoms with van der Waals surface area (Å²) in [5.41, 5.74) is -0.177. The first-order chi connectivity index (χ1) is 13.3. The number of halogens is 1. The van der Waals surface area contributed by atoms with Gasteiger partial charge in [0.2, 0.25) is 5.76 Å². The van der Waals surface area contributed by atoms with E-state index in [1.165, 1.54) is 19.1 Å². The van der Waals surface area contributed by atoms with Crippen LogP contribution in [0.15, 0.2) is 33.5 Å². The SMILES string of the molecule is C[C@H]1[C@H](C)CCC[C@H]1NC(=O)[C@H](C)OC(=O)c1cc(=O)c2cc(Cl)ccc2o1. The fraction of sp³-hybridized carbons (Fsp3) is 0.476. The van der Waals surface area contributed by atoms with Crippen LogP contribution in [0, 0.1) is 11.8 Å². The number of nitrogens with one attached hydrogen (secondary N) is 1. The number of fused-ring (bicyclic) bond motifs is 1. The molecule has 2 aromatic rings. The van der Waals surface area contributed by atoms with Crippen molar-refractivity contribution < 1.29 is 18.7 Å². The number of esters is 1. The lowest BCUT2D eigenvalue weighted by Gasteiger charge is -2.35. The molecule has 1 fully saturated rings. The van der Waals surface area contributed by atoms with E-state index in [-0.39, 0.29) is 28.7 Å². The van der Waals surface area contributed by atoms with Gasteiger partial charge >= 0.3 is 5.97 Å². The fourth-order valence-corrected chi connectivity index (χ4v) is 3.76. The maximum Gasteiger partial charge on any atom is 0.375 e. The summed E-state index contributed by atoms with van der Waals surface area (Å²) < 4.78 is 10.7. The Kier molecular flexibility index (Phi) is 6.08. The van der Waals surface area contributed by atoms with Gasteiger partial charge in [-0.3, -0.25) is 9.59 Å². The van der Waals surface area contributed by atoms with Gasteiger partial charge in [-0.1, -0.05) is 38.3 Å². The van der Waals surface area contributed by atoms with Gasteiger partial charge in [-0.2, -0.15) is 0 Å². The van der Waals surface area contributed by atoms with Crippen molar-refractivity contribution in [3.8, 4) is 0 Å². The summed E-state index contributed by atoms with van der Waals surface area (Å²) in [4.78, 5) is 37.0. The van der Waals surface area contributed by atoms with Crippen molar-refractivity contribution in [2.45, 2.75) is 52.2 Å². The summed E-state index contributed by atoms with van der Waals surface area (Å²) >= 11 is 5.88. The second-order valence-corrected chi connectivity index (χ2v) is 7.98. The molecule has 1 aliphatic rings. The summed E-state index contributed by atoms with van der Waals surface area (Å²) in [5, 5.41) is 3.65. The van der Waals surface area contributed by atoms with Crippen LogP contribution in [-0.2, 0) is 9.53 Å². The third-order valence-electron chi connectivity index (χ3n) is 5.58. The Hall–Kier alpha value is -2.34. The molecule has 6 nitrogen and oxygen atoms in total. The van der Waals surface area contributed by atoms with Gasteiger partial charge in [0.25, 0.3) is 5.91 Å². The van der Waals surface area contributed by atoms with E-state index < -0.39 is 17.5 Å². The van der Waals surface area contributed by atoms with Crippen LogP contribution in [0.5, 0.6) is 0 Å². The van der Waals surface area contributed by atoms with Crippen LogP contribution in [0.25, 0.3) is 11.0 Å². The molecule has 1 N–H and O–H groups in total. The van der Waals surface area contributed by atoms with Gasteiger partial charge in [-0.15, -0.1) is 0 Å². The zero-order valence-corrected chi connectivity index (χ0v) is 16.9. The molecule has 1 aromatic carbocycles. The highest BCUT2D eigenvalue weighted by atomic mass is 35.5. The van der Waals surface area contributed by atoms with Gasteiger partial charge in [0, 0.05) is 17.1 Å². The highest BCUT2D eigenvalue weighted by molar-refractivity contribution is 6.31. The van der Waals surface area contributed by atoms with Crippen molar-refractivity contribution in [3.63, 3.8) is 0 Å². The number of carbonyl (C=O) groups is 2. The molecule has 0 unspecified atom stereocenters. The minimum Gasteiger partial charge on any atom is -0.449 e. The number of ether oxygens (including phenoxy) is 1. The van der Waals surface area contributed by atoms with E-state index in [2.05, 4.69) is 19.2 Å². The standard InChI is InChI=1S/C21H24ClNO5/c1-11-5-4-6-16(12(11)2)23-20(25)13(3)27-21(26)19-10-17(24)15-9-14(22)7-8-18(15)28-19/h7-13,16H,4-6H2,1-3H3,(H,23,25)/t11-,12+,13+,16-/m1/s1. The van der Waals surface area contributed by atoms with Crippen LogP contribution < -0.4 is 10.7 Å². The van der Waals surface area contributed by atoms with Gasteiger partial charge in [0.15, 0.2) is 11.5 Å². The van der Waals surface area contributed by atoms with E-state index in [0.29, 0.717) is 16.9 Å². The van der Waals surface area contributed by atoms with E-state index in [9.17, 15) is 14.4 Å². The van der Waals surface area contributed by atoms with Gasteiger partial charge < -0.3 is 14.5 Å². The molecule has 0 radical (unpaired) electrons. The topological polar surface area (TPSA) is 85.6 Å². The predicted molar refractivity (Wildman–Crippen MR) is 106 cm³/mol. The maximum absolute atomic E-state index is 12.5. The van der Waals surface area contributed by atoms with Crippen molar-refractivity contribution in [1.29, 1.82) is 0 Å². The first-order valence-electron chi connectivity index (χ1n) is 9.51. The lowest BCUT2D eigenvalue weighted by Crippen LogP contribution is -2.47. The van der Waals surface area contributed by atoms with Crippen LogP contribution >= 0.6 is 11.6 Å². The second-order valence-electron chi connectivity index (χ2n) is 7.55. The molecule has 3 rings (SSSR count). The molecule has 7 heteroatoms. The predicted octanol–water partition coefficient (Wildman–Crippen LogP) is 3.93. The zero-order chi connectivity index (χ0) is 20.4. The third kappa shape index (κ3) is 4.38. The molecular weight excluding hydrogens is 382 g/mol. The Morgan fingerprint density at radius 2 is 2.00 bits per heavy atom. The molecule has 1 aromatic heterocycles. The van der Waals surface area contributed by atoms with Gasteiger partial charge in [0.05, 0.1) is 5.39 Å². The molecule has 150 valence electrons. The Morgan fingerprint density at radius 3 is 2.75 bits per heavy atom. The third-order valence-corrected chi connectivity index (χ3v) is 5.81. The van der Waals surface area contributed by atoms with Gasteiger partial charge in [-0.05, 0) is 43.4 Å². The van der Waals surface area contributed by atoms with Crippen molar-refractivity contribution in [1.82, 2.24) is 5.32 Å². The highest BCUT2D eigenvalue weighted by Crippen LogP contribution is 2.29. The summed E-state index contributed by atoms with van der Waals surface area (Å²) in [7, 11) is 0. The number of amides is 1. The van der Waals surface area contributed by atoms with E-state index in [4.69, 9.17) is 20.8 Å². The Bertz CT molecular complexity index is 953. The molecule has 0 bridgehead atoms. The van der Waals surface area contributed by atoms with Crippen molar-refractivity contribution in [3.05, 3.63) is 45.3 Å². The molecule has 0 aliphatic heterocycles. The minimum atomic E-state index is -0.997. The summed E-state index contributed by atoms with van der Waals surface area (Å²) in [6.45, 7) is 5.81. The van der Waals surface area contributed by atoms with E-state index in [0.717, 1.165) is 25.3 Å². The number of rotatable bonds is 4. The maximum atomic E-state index is 12.5. The van der Waals surface area contributed by atoms with Crippen LogP contribution in [0.2, 0.25) is 5.02 Å². The molecule has 1 amide bonds. The zero-order valence-electron chi connectivity index (χ0n) is 16.2. The monoisotopic (exact) mass is 405 g/mol. The summed E-state index contributed by atoms with van der Waals surface area (Å²) in [6.07, 6.45) is 2.14. The Balaban J connectivity index is 1.68. The first-order valence-corrected chi connectivity index (χ1v) is 9.89. The lowest BCUT2D eigenvalue weighted by molar-refractivity contribution is -0.130. The molecule has 28 heavy (non-hydrogen) atoms. The van der Waals surface area contributed by atoms with Crippen molar-refractivity contribution in [2.24, 2.45) is 11.8 Å². The van der Waals surface area contributed by atoms with Crippen LogP contribution in [0.1, 0.15) is 50.6 Å². The molecule has 1 heterocycles. The number of hydrogen-bond donors (Lipinski definition) is 1. The fourth-order valence-electron chi connectivity index (χ4n) is 3.59. The van der Waals surface area contributed by atoms with E-state index in [1.807, 2.05) is 0 Å². The van der Waals surface area contributed by atoms with Crippen LogP contribution in [0.4, 0.5) is 0 Å². The van der Waals surface area contributed by atoms with Crippen molar-refractivity contribution >= 4 is 34.4 Å². The second kappa shape index (κ2) is 8.35. The smallest absolute Gasteiger partial charge is 0.375 e. The quantitative estimate of drug-likeness (QED) is 0.779. The average Bonchev–Trinajstić information content (AvgIpc) is 2.65. The highest BCUT2D eigenvalue weighted by Gasteiger charge is 2.30. The molecular formula is C21H24ClNO5. The Morgan fingerprint density at radius 1 is 1.25 bits per heavy atom. The molecule has 0 saturated heterocycles. The van der Waals surface area contributed by atoms with Crippen molar-refractivity contribution in [2.75, 3.05) is 0 Å². The van der Waals surface area contributed by atoms with E-state index >= 15 is 0 Å². The van der Waals surface area contributed by atoms with Crippen LogP contribution in [-0.4, -0.2) is 24.0 Å². The van der Waals surface area contributed by atoms with Gasteiger partial charge in [0.1, 0.15) is 5.58 Å². The van der Waals surface area contributed by atoms with E-state index in [1.54, 1.807) is 6.07 Å². The van der Waals surface area contributed by atoms with Gasteiger partial charge in [-0.25, -0.2) is 4.79 Å². The minimum absolute atomic E-state index is 0.0701. The largest absolute Gasteiger partial charge is 0.449 e. The normalized spacial score (nSPS) is 23.2. The Labute approximate surface area is 168 Å². The number of carbonyl (C=O) groups excluding carboxylic acids is 2. The average molecular weight is 406 g/mol. The summed E-state index contributed by atoms with van der Waals surface area (Å²) in [5.74, 6) is -0.557.